The molecule has 0 fully saturated rings. The molecule has 182 valence electrons. The summed E-state index contributed by atoms with van der Waals surface area (Å²) in [7, 11) is 1.47. The third-order valence-corrected chi connectivity index (χ3v) is 5.91. The monoisotopic (exact) mass is 508 g/mol. The average Bonchev–Trinajstić information content (AvgIpc) is 2.87. The molecule has 0 aliphatic heterocycles. The van der Waals surface area contributed by atoms with Crippen LogP contribution < -0.4 is 15.4 Å². The number of carbonyl (C=O) groups is 1. The number of amides is 1. The summed E-state index contributed by atoms with van der Waals surface area (Å²) in [6.45, 7) is 0. The second-order valence-electron chi connectivity index (χ2n) is 7.27. The van der Waals surface area contributed by atoms with Crippen molar-refractivity contribution in [1.82, 2.24) is 0 Å². The van der Waals surface area contributed by atoms with E-state index in [0.717, 1.165) is 29.5 Å². The van der Waals surface area contributed by atoms with Crippen molar-refractivity contribution < 1.29 is 22.7 Å². The molecule has 0 aliphatic rings. The Morgan fingerprint density at radius 2 is 1.72 bits per heavy atom. The maximum absolute atomic E-state index is 13.1. The van der Waals surface area contributed by atoms with Gasteiger partial charge in [0.15, 0.2) is 0 Å². The van der Waals surface area contributed by atoms with Crippen LogP contribution in [-0.2, 0) is 16.7 Å². The molecule has 0 bridgehead atoms. The zero-order valence-corrected chi connectivity index (χ0v) is 19.7. The molecule has 3 aromatic rings. The first-order valence-corrected chi connectivity index (χ1v) is 11.4. The summed E-state index contributed by atoms with van der Waals surface area (Å²) in [6.07, 6.45) is -4.58. The van der Waals surface area contributed by atoms with E-state index < -0.39 is 17.6 Å². The molecule has 0 atom stereocenters. The smallest absolute Gasteiger partial charge is 0.416 e. The molecular formula is C26H19F3N4O2S. The van der Waals surface area contributed by atoms with Gasteiger partial charge >= 0.3 is 6.18 Å². The molecule has 3 rings (SSSR count). The van der Waals surface area contributed by atoms with E-state index in [9.17, 15) is 23.2 Å². The number of carbonyl (C=O) groups excluding carboxylic acids is 1. The van der Waals surface area contributed by atoms with Gasteiger partial charge in [0.05, 0.1) is 35.0 Å². The van der Waals surface area contributed by atoms with Gasteiger partial charge in [0.2, 0.25) is 0 Å². The van der Waals surface area contributed by atoms with Crippen LogP contribution in [0.5, 0.6) is 5.75 Å². The highest BCUT2D eigenvalue weighted by Crippen LogP contribution is 2.33. The predicted octanol–water partition coefficient (Wildman–Crippen LogP) is 6.30. The van der Waals surface area contributed by atoms with E-state index in [-0.39, 0.29) is 16.3 Å². The van der Waals surface area contributed by atoms with E-state index in [2.05, 4.69) is 10.6 Å². The number of nitriles is 2. The largest absolute Gasteiger partial charge is 0.495 e. The zero-order valence-electron chi connectivity index (χ0n) is 18.9. The zero-order chi connectivity index (χ0) is 26.1. The van der Waals surface area contributed by atoms with Gasteiger partial charge in [0.25, 0.3) is 5.91 Å². The SMILES string of the molecule is COc1ccccc1N/C(SCc1ccc(C#N)cc1)=C(/C#N)C(=O)Nc1cccc(C(F)(F)F)c1. The van der Waals surface area contributed by atoms with Crippen molar-refractivity contribution in [3.05, 3.63) is 100 Å². The third kappa shape index (κ3) is 6.81. The van der Waals surface area contributed by atoms with Gasteiger partial charge in [0, 0.05) is 11.4 Å². The first-order valence-electron chi connectivity index (χ1n) is 10.4. The van der Waals surface area contributed by atoms with Crippen molar-refractivity contribution in [2.45, 2.75) is 11.9 Å². The normalized spacial score (nSPS) is 11.5. The fourth-order valence-corrected chi connectivity index (χ4v) is 4.01. The maximum atomic E-state index is 13.1. The number of nitrogens with zero attached hydrogens (tertiary/aromatic N) is 2. The number of thioether (sulfide) groups is 1. The predicted molar refractivity (Wildman–Crippen MR) is 132 cm³/mol. The average molecular weight is 509 g/mol. The highest BCUT2D eigenvalue weighted by Gasteiger charge is 2.30. The van der Waals surface area contributed by atoms with Crippen LogP contribution >= 0.6 is 11.8 Å². The van der Waals surface area contributed by atoms with Gasteiger partial charge in [-0.1, -0.05) is 30.3 Å². The van der Waals surface area contributed by atoms with E-state index in [1.54, 1.807) is 48.5 Å². The van der Waals surface area contributed by atoms with Gasteiger partial charge in [-0.3, -0.25) is 4.79 Å². The van der Waals surface area contributed by atoms with Gasteiger partial charge in [-0.25, -0.2) is 0 Å². The van der Waals surface area contributed by atoms with Crippen LogP contribution in [0.4, 0.5) is 24.5 Å². The molecule has 3 aromatic carbocycles. The van der Waals surface area contributed by atoms with Gasteiger partial charge < -0.3 is 15.4 Å². The molecule has 1 amide bonds. The van der Waals surface area contributed by atoms with Gasteiger partial charge in [0.1, 0.15) is 17.4 Å². The number of hydrogen-bond donors (Lipinski definition) is 2. The molecule has 36 heavy (non-hydrogen) atoms. The number of anilines is 2. The van der Waals surface area contributed by atoms with Crippen molar-refractivity contribution in [3.63, 3.8) is 0 Å². The Bertz CT molecular complexity index is 1360. The number of halogens is 3. The maximum Gasteiger partial charge on any atom is 0.416 e. The van der Waals surface area contributed by atoms with Crippen LogP contribution in [0.3, 0.4) is 0 Å². The topological polar surface area (TPSA) is 97.9 Å². The van der Waals surface area contributed by atoms with E-state index >= 15 is 0 Å². The fourth-order valence-electron chi connectivity index (χ4n) is 3.04. The Labute approximate surface area is 210 Å². The summed E-state index contributed by atoms with van der Waals surface area (Å²) in [5.74, 6) is -0.0725. The number of alkyl halides is 3. The first kappa shape index (κ1) is 26.2. The summed E-state index contributed by atoms with van der Waals surface area (Å²) in [4.78, 5) is 13.0. The Hall–Kier alpha value is -4.41. The number of benzene rings is 3. The highest BCUT2D eigenvalue weighted by molar-refractivity contribution is 8.02. The van der Waals surface area contributed by atoms with E-state index in [4.69, 9.17) is 10.00 Å². The standard InChI is InChI=1S/C26H19F3N4O2S/c1-35-23-8-3-2-7-22(23)33-25(36-16-18-11-9-17(14-30)10-12-18)21(15-31)24(34)32-20-6-4-5-19(13-20)26(27,28)29/h2-13,33H,16H2,1H3,(H,32,34)/b25-21+. The molecule has 0 saturated heterocycles. The number of methoxy groups -OCH3 is 1. The third-order valence-electron chi connectivity index (χ3n) is 4.84. The molecule has 0 aliphatic carbocycles. The number of rotatable bonds is 8. The lowest BCUT2D eigenvalue weighted by Gasteiger charge is -2.16. The Morgan fingerprint density at radius 1 is 1.00 bits per heavy atom. The minimum atomic E-state index is -4.58. The van der Waals surface area contributed by atoms with Crippen molar-refractivity contribution in [3.8, 4) is 17.9 Å². The molecule has 0 heterocycles. The van der Waals surface area contributed by atoms with Crippen LogP contribution in [0.1, 0.15) is 16.7 Å². The van der Waals surface area contributed by atoms with E-state index in [1.807, 2.05) is 12.1 Å². The molecular weight excluding hydrogens is 489 g/mol. The van der Waals surface area contributed by atoms with Crippen molar-refractivity contribution in [2.24, 2.45) is 0 Å². The van der Waals surface area contributed by atoms with E-state index in [1.165, 1.54) is 19.2 Å². The van der Waals surface area contributed by atoms with Crippen LogP contribution in [0.15, 0.2) is 83.4 Å². The fraction of sp³-hybridized carbons (Fsp3) is 0.115. The highest BCUT2D eigenvalue weighted by atomic mass is 32.2. The summed E-state index contributed by atoms with van der Waals surface area (Å²) < 4.78 is 44.5. The number of nitrogens with one attached hydrogen (secondary N) is 2. The van der Waals surface area contributed by atoms with Crippen LogP contribution in [0.2, 0.25) is 0 Å². The summed E-state index contributed by atoms with van der Waals surface area (Å²) >= 11 is 1.15. The summed E-state index contributed by atoms with van der Waals surface area (Å²) in [5.41, 5.74) is 0.458. The first-order chi connectivity index (χ1) is 17.2. The molecule has 0 spiro atoms. The van der Waals surface area contributed by atoms with Crippen LogP contribution in [-0.4, -0.2) is 13.0 Å². The molecule has 2 N–H and O–H groups in total. The van der Waals surface area contributed by atoms with Gasteiger partial charge in [-0.15, -0.1) is 11.8 Å². The lowest BCUT2D eigenvalue weighted by molar-refractivity contribution is -0.137. The minimum Gasteiger partial charge on any atom is -0.495 e. The molecule has 0 unspecified atom stereocenters. The van der Waals surface area contributed by atoms with Crippen molar-refractivity contribution >= 4 is 29.0 Å². The Kier molecular flexibility index (Phi) is 8.61. The quantitative estimate of drug-likeness (QED) is 0.274. The van der Waals surface area contributed by atoms with E-state index in [0.29, 0.717) is 22.8 Å². The minimum absolute atomic E-state index is 0.101. The molecule has 0 aromatic heterocycles. The second kappa shape index (κ2) is 11.8. The lowest BCUT2D eigenvalue weighted by atomic mass is 10.2. The van der Waals surface area contributed by atoms with Crippen molar-refractivity contribution in [2.75, 3.05) is 17.7 Å². The molecule has 10 heteroatoms. The van der Waals surface area contributed by atoms with Gasteiger partial charge in [-0.05, 0) is 48.0 Å². The number of ether oxygens (including phenoxy) is 1. The second-order valence-corrected chi connectivity index (χ2v) is 8.26. The van der Waals surface area contributed by atoms with Crippen LogP contribution in [0, 0.1) is 22.7 Å². The number of para-hydroxylation sites is 2. The molecule has 0 radical (unpaired) electrons. The molecule has 0 saturated carbocycles. The Morgan fingerprint density at radius 3 is 2.36 bits per heavy atom. The lowest BCUT2D eigenvalue weighted by Crippen LogP contribution is -2.18. The number of hydrogen-bond acceptors (Lipinski definition) is 6. The summed E-state index contributed by atoms with van der Waals surface area (Å²) in [5, 5.41) is 24.4. The molecule has 6 nitrogen and oxygen atoms in total. The van der Waals surface area contributed by atoms with Crippen LogP contribution in [0.25, 0.3) is 0 Å². The van der Waals surface area contributed by atoms with Gasteiger partial charge in [-0.2, -0.15) is 23.7 Å². The Balaban J connectivity index is 1.94. The summed E-state index contributed by atoms with van der Waals surface area (Å²) in [6, 6.07) is 21.7. The van der Waals surface area contributed by atoms with Crippen molar-refractivity contribution in [1.29, 1.82) is 10.5 Å².